The number of ketones is 1. The minimum absolute atomic E-state index is 0.0771. The van der Waals surface area contributed by atoms with Gasteiger partial charge in [0.2, 0.25) is 5.91 Å². The van der Waals surface area contributed by atoms with Gasteiger partial charge in [-0.2, -0.15) is 0 Å². The summed E-state index contributed by atoms with van der Waals surface area (Å²) >= 11 is 0. The summed E-state index contributed by atoms with van der Waals surface area (Å²) in [7, 11) is -3.94. The van der Waals surface area contributed by atoms with Gasteiger partial charge < -0.3 is 5.32 Å². The second-order valence-corrected chi connectivity index (χ2v) is 9.54. The fourth-order valence-electron chi connectivity index (χ4n) is 3.59. The second kappa shape index (κ2) is 8.99. The maximum atomic E-state index is 13.1. The summed E-state index contributed by atoms with van der Waals surface area (Å²) in [6.45, 7) is 3.62. The van der Waals surface area contributed by atoms with Crippen LogP contribution in [0, 0.1) is 12.8 Å². The van der Waals surface area contributed by atoms with Crippen LogP contribution in [0.25, 0.3) is 0 Å². The molecule has 168 valence electrons. The third-order valence-electron chi connectivity index (χ3n) is 5.52. The molecule has 0 radical (unpaired) electrons. The Hall–Kier alpha value is -3.78. The van der Waals surface area contributed by atoms with Crippen LogP contribution in [-0.4, -0.2) is 26.3 Å². The summed E-state index contributed by atoms with van der Waals surface area (Å²) in [4.78, 5) is 30.1. The molecule has 1 aliphatic heterocycles. The lowest BCUT2D eigenvalue weighted by Crippen LogP contribution is -2.38. The monoisotopic (exact) mass is 461 g/mol. The van der Waals surface area contributed by atoms with Crippen LogP contribution < -0.4 is 10.0 Å². The summed E-state index contributed by atoms with van der Waals surface area (Å²) in [6.07, 6.45) is 1.30. The zero-order valence-corrected chi connectivity index (χ0v) is 19.0. The van der Waals surface area contributed by atoms with Crippen LogP contribution >= 0.6 is 0 Å². The molecule has 0 spiro atoms. The quantitative estimate of drug-likeness (QED) is 0.537. The molecule has 1 aliphatic rings. The van der Waals surface area contributed by atoms with E-state index >= 15 is 0 Å². The number of nitrogens with one attached hydrogen (secondary N) is 2. The Morgan fingerprint density at radius 3 is 2.42 bits per heavy atom. The first-order valence-corrected chi connectivity index (χ1v) is 11.9. The molecule has 0 saturated heterocycles. The highest BCUT2D eigenvalue weighted by molar-refractivity contribution is 7.92. The summed E-state index contributed by atoms with van der Waals surface area (Å²) in [5.41, 5.74) is 2.55. The first kappa shape index (κ1) is 22.4. The SMILES string of the molecule is Cc1ccccc1NS(=O)(=O)c1ccc2c(c1)C(=O)C(C(=O)NC(C)c1ccccc1)C=N2. The van der Waals surface area contributed by atoms with Crippen molar-refractivity contribution < 1.29 is 18.0 Å². The number of benzene rings is 3. The average molecular weight is 462 g/mol. The Bertz CT molecular complexity index is 1350. The van der Waals surface area contributed by atoms with Crippen molar-refractivity contribution in [3.63, 3.8) is 0 Å². The molecule has 1 amide bonds. The first-order chi connectivity index (χ1) is 15.8. The van der Waals surface area contributed by atoms with Gasteiger partial charge in [0.05, 0.1) is 22.3 Å². The fourth-order valence-corrected chi connectivity index (χ4v) is 4.74. The summed E-state index contributed by atoms with van der Waals surface area (Å²) in [5.74, 6) is -2.12. The number of anilines is 1. The first-order valence-electron chi connectivity index (χ1n) is 10.4. The summed E-state index contributed by atoms with van der Waals surface area (Å²) < 4.78 is 28.4. The largest absolute Gasteiger partial charge is 0.349 e. The Labute approximate surface area is 192 Å². The van der Waals surface area contributed by atoms with E-state index in [1.54, 1.807) is 25.1 Å². The van der Waals surface area contributed by atoms with Crippen molar-refractivity contribution in [2.75, 3.05) is 4.72 Å². The highest BCUT2D eigenvalue weighted by atomic mass is 32.2. The van der Waals surface area contributed by atoms with Gasteiger partial charge in [0.15, 0.2) is 5.78 Å². The van der Waals surface area contributed by atoms with Crippen LogP contribution in [0.5, 0.6) is 0 Å². The predicted molar refractivity (Wildman–Crippen MR) is 127 cm³/mol. The normalized spacial score (nSPS) is 16.1. The number of aliphatic imine (C=N–C) groups is 1. The number of fused-ring (bicyclic) bond motifs is 1. The number of carbonyl (C=O) groups excluding carboxylic acids is 2. The topological polar surface area (TPSA) is 105 Å². The molecule has 1 heterocycles. The number of aryl methyl sites for hydroxylation is 1. The molecule has 33 heavy (non-hydrogen) atoms. The van der Waals surface area contributed by atoms with Gasteiger partial charge in [-0.3, -0.25) is 19.3 Å². The van der Waals surface area contributed by atoms with Crippen molar-refractivity contribution in [1.29, 1.82) is 0 Å². The van der Waals surface area contributed by atoms with Crippen LogP contribution in [0.15, 0.2) is 82.7 Å². The van der Waals surface area contributed by atoms with Gasteiger partial charge in [0.1, 0.15) is 5.92 Å². The number of rotatable bonds is 6. The van der Waals surface area contributed by atoms with Crippen LogP contribution in [0.1, 0.15) is 34.5 Å². The van der Waals surface area contributed by atoms with Crippen LogP contribution in [0.3, 0.4) is 0 Å². The van der Waals surface area contributed by atoms with Gasteiger partial charge in [-0.1, -0.05) is 48.5 Å². The smallest absolute Gasteiger partial charge is 0.261 e. The zero-order valence-electron chi connectivity index (χ0n) is 18.1. The van der Waals surface area contributed by atoms with Crippen molar-refractivity contribution in [3.8, 4) is 0 Å². The molecule has 2 atom stereocenters. The predicted octanol–water partition coefficient (Wildman–Crippen LogP) is 4.19. The van der Waals surface area contributed by atoms with E-state index in [2.05, 4.69) is 15.0 Å². The molecular weight excluding hydrogens is 438 g/mol. The van der Waals surface area contributed by atoms with Gasteiger partial charge in [-0.15, -0.1) is 0 Å². The number of amides is 1. The number of hydrogen-bond donors (Lipinski definition) is 2. The second-order valence-electron chi connectivity index (χ2n) is 7.86. The maximum Gasteiger partial charge on any atom is 0.261 e. The van der Waals surface area contributed by atoms with Crippen molar-refractivity contribution in [2.45, 2.75) is 24.8 Å². The molecule has 2 N–H and O–H groups in total. The number of sulfonamides is 1. The van der Waals surface area contributed by atoms with Crippen molar-refractivity contribution in [1.82, 2.24) is 5.32 Å². The lowest BCUT2D eigenvalue weighted by Gasteiger charge is -2.21. The third kappa shape index (κ3) is 4.70. The van der Waals surface area contributed by atoms with E-state index in [0.29, 0.717) is 11.4 Å². The van der Waals surface area contributed by atoms with Gasteiger partial charge in [-0.25, -0.2) is 8.42 Å². The lowest BCUT2D eigenvalue weighted by molar-refractivity contribution is -0.122. The Kier molecular flexibility index (Phi) is 6.11. The highest BCUT2D eigenvalue weighted by Crippen LogP contribution is 2.30. The van der Waals surface area contributed by atoms with Crippen molar-refractivity contribution in [3.05, 3.63) is 89.5 Å². The van der Waals surface area contributed by atoms with E-state index in [0.717, 1.165) is 11.1 Å². The van der Waals surface area contributed by atoms with Crippen LogP contribution in [-0.2, 0) is 14.8 Å². The maximum absolute atomic E-state index is 13.1. The number of Topliss-reactive ketones (excluding diaryl/α,β-unsaturated/α-hetero) is 1. The molecule has 0 aliphatic carbocycles. The van der Waals surface area contributed by atoms with E-state index in [4.69, 9.17) is 0 Å². The van der Waals surface area contributed by atoms with Gasteiger partial charge in [0, 0.05) is 11.8 Å². The van der Waals surface area contributed by atoms with Crippen LogP contribution in [0.4, 0.5) is 11.4 Å². The Balaban J connectivity index is 1.56. The number of para-hydroxylation sites is 1. The van der Waals surface area contributed by atoms with Crippen molar-refractivity contribution in [2.24, 2.45) is 10.9 Å². The molecule has 8 heteroatoms. The Morgan fingerprint density at radius 2 is 1.70 bits per heavy atom. The molecule has 0 fully saturated rings. The molecule has 0 bridgehead atoms. The third-order valence-corrected chi connectivity index (χ3v) is 6.88. The van der Waals surface area contributed by atoms with Crippen molar-refractivity contribution >= 4 is 39.3 Å². The molecule has 3 aromatic rings. The standard InChI is InChI=1S/C25H23N3O4S/c1-16-8-6-7-11-22(16)28-33(31,32)19-12-13-23-20(14-19)24(29)21(15-26-23)25(30)27-17(2)18-9-4-3-5-10-18/h3-15,17,21,28H,1-2H3,(H,27,30). The summed E-state index contributed by atoms with van der Waals surface area (Å²) in [6, 6.07) is 20.2. The minimum Gasteiger partial charge on any atom is -0.349 e. The highest BCUT2D eigenvalue weighted by Gasteiger charge is 2.32. The Morgan fingerprint density at radius 1 is 1.00 bits per heavy atom. The average Bonchev–Trinajstić information content (AvgIpc) is 2.81. The van der Waals surface area contributed by atoms with Gasteiger partial charge in [0.25, 0.3) is 10.0 Å². The minimum atomic E-state index is -3.94. The van der Waals surface area contributed by atoms with Gasteiger partial charge >= 0.3 is 0 Å². The number of hydrogen-bond acceptors (Lipinski definition) is 5. The van der Waals surface area contributed by atoms with Gasteiger partial charge in [-0.05, 0) is 49.2 Å². The van der Waals surface area contributed by atoms with Crippen LogP contribution in [0.2, 0.25) is 0 Å². The van der Waals surface area contributed by atoms with E-state index in [1.165, 1.54) is 24.4 Å². The molecule has 0 saturated carbocycles. The van der Waals surface area contributed by atoms with E-state index < -0.39 is 27.6 Å². The molecule has 2 unspecified atom stereocenters. The van der Waals surface area contributed by atoms with E-state index in [9.17, 15) is 18.0 Å². The number of carbonyl (C=O) groups is 2. The molecular formula is C25H23N3O4S. The van der Waals surface area contributed by atoms with E-state index in [-0.39, 0.29) is 16.5 Å². The number of nitrogens with zero attached hydrogens (tertiary/aromatic N) is 1. The molecule has 3 aromatic carbocycles. The van der Waals surface area contributed by atoms with E-state index in [1.807, 2.05) is 43.3 Å². The zero-order chi connectivity index (χ0) is 23.6. The fraction of sp³-hybridized carbons (Fsp3) is 0.160. The molecule has 0 aromatic heterocycles. The molecule has 4 rings (SSSR count). The lowest BCUT2D eigenvalue weighted by atomic mass is 9.93. The molecule has 7 nitrogen and oxygen atoms in total. The summed E-state index contributed by atoms with van der Waals surface area (Å²) in [5, 5.41) is 2.83.